The number of hydrogen-bond acceptors (Lipinski definition) is 6. The van der Waals surface area contributed by atoms with Crippen molar-refractivity contribution in [2.24, 2.45) is 0 Å². The van der Waals surface area contributed by atoms with Crippen LogP contribution >= 0.6 is 0 Å². The lowest BCUT2D eigenvalue weighted by molar-refractivity contribution is 0.0528. The summed E-state index contributed by atoms with van der Waals surface area (Å²) >= 11 is 0. The second-order valence-corrected chi connectivity index (χ2v) is 10.1. The van der Waals surface area contributed by atoms with Crippen LogP contribution in [0.25, 0.3) is 0 Å². The number of ether oxygens (including phenoxy) is 1. The molecule has 0 fully saturated rings. The number of hydrogen-bond donors (Lipinski definition) is 3. The molecule has 0 heterocycles. The van der Waals surface area contributed by atoms with Gasteiger partial charge in [-0.3, -0.25) is 4.79 Å². The Bertz CT molecular complexity index is 1060. The average molecular weight is 477 g/mol. The molecular formula is C23H32N4O5S. The first kappa shape index (κ1) is 26.1. The maximum Gasteiger partial charge on any atom is 0.407 e. The molecule has 0 aliphatic heterocycles. The zero-order chi connectivity index (χ0) is 24.6. The number of carbonyl (C=O) groups excluding carboxylic acids is 2. The lowest BCUT2D eigenvalue weighted by atomic mass is 10.2. The summed E-state index contributed by atoms with van der Waals surface area (Å²) in [5.74, 6) is -0.343. The maximum absolute atomic E-state index is 12.6. The summed E-state index contributed by atoms with van der Waals surface area (Å²) in [6.07, 6.45) is -0.624. The van der Waals surface area contributed by atoms with Gasteiger partial charge in [-0.1, -0.05) is 6.07 Å². The van der Waals surface area contributed by atoms with E-state index >= 15 is 0 Å². The highest BCUT2D eigenvalue weighted by atomic mass is 32.2. The average Bonchev–Trinajstić information content (AvgIpc) is 2.75. The van der Waals surface area contributed by atoms with Gasteiger partial charge in [-0.05, 0) is 70.2 Å². The van der Waals surface area contributed by atoms with Crippen molar-refractivity contribution >= 4 is 33.4 Å². The van der Waals surface area contributed by atoms with E-state index in [1.165, 1.54) is 12.1 Å². The number of nitrogens with zero attached hydrogens (tertiary/aromatic N) is 1. The van der Waals surface area contributed by atoms with Crippen LogP contribution in [0.15, 0.2) is 53.4 Å². The summed E-state index contributed by atoms with van der Waals surface area (Å²) in [5.41, 5.74) is 1.17. The Morgan fingerprint density at radius 3 is 2.30 bits per heavy atom. The number of carbonyl (C=O) groups is 2. The number of benzene rings is 2. The molecule has 0 aliphatic carbocycles. The third kappa shape index (κ3) is 8.39. The molecule has 0 radical (unpaired) electrons. The number of nitrogens with one attached hydrogen (secondary N) is 3. The summed E-state index contributed by atoms with van der Waals surface area (Å²) in [6, 6.07) is 13.1. The molecule has 9 nitrogen and oxygen atoms in total. The van der Waals surface area contributed by atoms with Gasteiger partial charge < -0.3 is 20.3 Å². The van der Waals surface area contributed by atoms with E-state index in [0.29, 0.717) is 11.3 Å². The number of amides is 2. The van der Waals surface area contributed by atoms with Crippen molar-refractivity contribution in [3.8, 4) is 0 Å². The minimum atomic E-state index is -3.83. The van der Waals surface area contributed by atoms with E-state index in [1.807, 2.05) is 31.0 Å². The molecule has 0 atom stereocenters. The zero-order valence-electron chi connectivity index (χ0n) is 19.6. The van der Waals surface area contributed by atoms with E-state index in [9.17, 15) is 18.0 Å². The minimum absolute atomic E-state index is 0.00233. The molecule has 10 heteroatoms. The molecule has 0 aliphatic rings. The van der Waals surface area contributed by atoms with Crippen molar-refractivity contribution in [2.45, 2.75) is 38.2 Å². The second kappa shape index (κ2) is 11.2. The Morgan fingerprint density at radius 1 is 1.03 bits per heavy atom. The number of sulfonamides is 1. The molecule has 2 aromatic rings. The highest BCUT2D eigenvalue weighted by Crippen LogP contribution is 2.18. The first-order valence-corrected chi connectivity index (χ1v) is 12.1. The Morgan fingerprint density at radius 2 is 1.70 bits per heavy atom. The molecule has 0 bridgehead atoms. The molecule has 2 aromatic carbocycles. The van der Waals surface area contributed by atoms with Crippen LogP contribution in [0.4, 0.5) is 16.2 Å². The third-order valence-electron chi connectivity index (χ3n) is 4.53. The van der Waals surface area contributed by atoms with Gasteiger partial charge >= 0.3 is 6.09 Å². The monoisotopic (exact) mass is 476 g/mol. The molecule has 0 saturated carbocycles. The molecule has 180 valence electrons. The molecule has 0 saturated heterocycles. The van der Waals surface area contributed by atoms with E-state index in [0.717, 1.165) is 12.2 Å². The number of anilines is 2. The second-order valence-electron chi connectivity index (χ2n) is 8.37. The molecule has 0 spiro atoms. The summed E-state index contributed by atoms with van der Waals surface area (Å²) in [6.45, 7) is 8.14. The lowest BCUT2D eigenvalue weighted by Crippen LogP contribution is -2.37. The standard InChI is InChI=1S/C23H32N4O5S/c1-6-27(5)19-12-10-17(11-13-19)21(28)26-18-8-7-9-20(16-18)33(30,31)25-15-14-24-22(29)32-23(2,3)4/h7-13,16,25H,6,14-15H2,1-5H3,(H,24,29)(H,26,28). The molecular weight excluding hydrogens is 444 g/mol. The van der Waals surface area contributed by atoms with Gasteiger partial charge in [0.05, 0.1) is 4.90 Å². The van der Waals surface area contributed by atoms with Crippen molar-refractivity contribution in [3.05, 3.63) is 54.1 Å². The van der Waals surface area contributed by atoms with Crippen molar-refractivity contribution in [1.82, 2.24) is 10.0 Å². The van der Waals surface area contributed by atoms with Gasteiger partial charge in [0.1, 0.15) is 5.60 Å². The summed E-state index contributed by atoms with van der Waals surface area (Å²) in [7, 11) is -1.87. The van der Waals surface area contributed by atoms with Crippen molar-refractivity contribution in [1.29, 1.82) is 0 Å². The molecule has 0 aromatic heterocycles. The Balaban J connectivity index is 1.96. The number of alkyl carbamates (subject to hydrolysis) is 1. The van der Waals surface area contributed by atoms with Gasteiger partial charge in [0.25, 0.3) is 5.91 Å². The van der Waals surface area contributed by atoms with Crippen LogP contribution in [0, 0.1) is 0 Å². The maximum atomic E-state index is 12.6. The highest BCUT2D eigenvalue weighted by molar-refractivity contribution is 7.89. The molecule has 2 rings (SSSR count). The van der Waals surface area contributed by atoms with Gasteiger partial charge in [-0.15, -0.1) is 0 Å². The predicted octanol–water partition coefficient (Wildman–Crippen LogP) is 3.20. The summed E-state index contributed by atoms with van der Waals surface area (Å²) in [5, 5.41) is 5.20. The molecule has 2 amide bonds. The fourth-order valence-corrected chi connectivity index (χ4v) is 3.82. The van der Waals surface area contributed by atoms with Crippen LogP contribution in [0.1, 0.15) is 38.1 Å². The van der Waals surface area contributed by atoms with Crippen molar-refractivity contribution < 1.29 is 22.7 Å². The Kier molecular flexibility index (Phi) is 8.84. The fraction of sp³-hybridized carbons (Fsp3) is 0.391. The summed E-state index contributed by atoms with van der Waals surface area (Å²) < 4.78 is 32.7. The first-order chi connectivity index (χ1) is 15.4. The van der Waals surface area contributed by atoms with E-state index < -0.39 is 21.7 Å². The van der Waals surface area contributed by atoms with Crippen LogP contribution in [0.2, 0.25) is 0 Å². The van der Waals surface area contributed by atoms with E-state index in [2.05, 4.69) is 15.4 Å². The van der Waals surface area contributed by atoms with Crippen molar-refractivity contribution in [3.63, 3.8) is 0 Å². The minimum Gasteiger partial charge on any atom is -0.444 e. The van der Waals surface area contributed by atoms with Gasteiger partial charge in [0, 0.05) is 43.6 Å². The molecule has 0 unspecified atom stereocenters. The van der Waals surface area contributed by atoms with Crippen LogP contribution in [0.5, 0.6) is 0 Å². The van der Waals surface area contributed by atoms with Crippen LogP contribution in [-0.4, -0.2) is 52.7 Å². The van der Waals surface area contributed by atoms with Gasteiger partial charge in [-0.2, -0.15) is 0 Å². The van der Waals surface area contributed by atoms with Gasteiger partial charge in [0.15, 0.2) is 0 Å². The smallest absolute Gasteiger partial charge is 0.407 e. The normalized spacial score (nSPS) is 11.5. The number of rotatable bonds is 9. The Labute approximate surface area is 195 Å². The summed E-state index contributed by atoms with van der Waals surface area (Å²) in [4.78, 5) is 26.2. The van der Waals surface area contributed by atoms with E-state index in [4.69, 9.17) is 4.74 Å². The van der Waals surface area contributed by atoms with Crippen LogP contribution < -0.4 is 20.3 Å². The van der Waals surface area contributed by atoms with Gasteiger partial charge in [0.2, 0.25) is 10.0 Å². The molecule has 3 N–H and O–H groups in total. The van der Waals surface area contributed by atoms with Crippen LogP contribution in [-0.2, 0) is 14.8 Å². The molecule has 33 heavy (non-hydrogen) atoms. The topological polar surface area (TPSA) is 117 Å². The predicted molar refractivity (Wildman–Crippen MR) is 129 cm³/mol. The quantitative estimate of drug-likeness (QED) is 0.479. The van der Waals surface area contributed by atoms with E-state index in [1.54, 1.807) is 45.0 Å². The van der Waals surface area contributed by atoms with E-state index in [-0.39, 0.29) is 23.9 Å². The lowest BCUT2D eigenvalue weighted by Gasteiger charge is -2.19. The Hall–Kier alpha value is -3.11. The van der Waals surface area contributed by atoms with Crippen LogP contribution in [0.3, 0.4) is 0 Å². The fourth-order valence-electron chi connectivity index (χ4n) is 2.74. The van der Waals surface area contributed by atoms with Crippen molar-refractivity contribution in [2.75, 3.05) is 36.9 Å². The zero-order valence-corrected chi connectivity index (χ0v) is 20.5. The first-order valence-electron chi connectivity index (χ1n) is 10.6. The SMILES string of the molecule is CCN(C)c1ccc(C(=O)Nc2cccc(S(=O)(=O)NCCNC(=O)OC(C)(C)C)c2)cc1. The third-order valence-corrected chi connectivity index (χ3v) is 5.99. The largest absolute Gasteiger partial charge is 0.444 e. The highest BCUT2D eigenvalue weighted by Gasteiger charge is 2.17. The van der Waals surface area contributed by atoms with Gasteiger partial charge in [-0.25, -0.2) is 17.9 Å².